The number of anilines is 1. The lowest BCUT2D eigenvalue weighted by Gasteiger charge is -2.11. The third-order valence-electron chi connectivity index (χ3n) is 2.61. The number of thioether (sulfide) groups is 1. The summed E-state index contributed by atoms with van der Waals surface area (Å²) in [5.41, 5.74) is 0.803. The number of para-hydroxylation sites is 1. The standard InChI is InChI=1S/C13H16N4OS/c1-3-17-9-14-16-13(17)19-10(2)12(18)15-11-7-5-4-6-8-11/h4-10H,3H2,1-2H3,(H,15,18)/t10-/m1/s1. The molecule has 1 amide bonds. The molecule has 19 heavy (non-hydrogen) atoms. The number of carbonyl (C=O) groups excluding carboxylic acids is 1. The Morgan fingerprint density at radius 1 is 1.42 bits per heavy atom. The molecule has 2 rings (SSSR count). The van der Waals surface area contributed by atoms with E-state index in [1.54, 1.807) is 6.33 Å². The molecular weight excluding hydrogens is 260 g/mol. The predicted octanol–water partition coefficient (Wildman–Crippen LogP) is 2.42. The molecule has 1 heterocycles. The summed E-state index contributed by atoms with van der Waals surface area (Å²) in [6.45, 7) is 4.67. The normalized spacial score (nSPS) is 12.1. The highest BCUT2D eigenvalue weighted by atomic mass is 32.2. The van der Waals surface area contributed by atoms with Crippen molar-refractivity contribution in [3.63, 3.8) is 0 Å². The molecule has 1 aromatic carbocycles. The van der Waals surface area contributed by atoms with Gasteiger partial charge in [0.25, 0.3) is 0 Å². The van der Waals surface area contributed by atoms with Gasteiger partial charge in [-0.2, -0.15) is 0 Å². The second-order valence-electron chi connectivity index (χ2n) is 4.01. The highest BCUT2D eigenvalue weighted by molar-refractivity contribution is 8.00. The number of nitrogens with zero attached hydrogens (tertiary/aromatic N) is 3. The van der Waals surface area contributed by atoms with Gasteiger partial charge in [0.05, 0.1) is 5.25 Å². The monoisotopic (exact) mass is 276 g/mol. The molecule has 0 aliphatic rings. The van der Waals surface area contributed by atoms with Gasteiger partial charge >= 0.3 is 0 Å². The van der Waals surface area contributed by atoms with Crippen molar-refractivity contribution in [2.75, 3.05) is 5.32 Å². The van der Waals surface area contributed by atoms with E-state index in [4.69, 9.17) is 0 Å². The molecule has 2 aromatic rings. The van der Waals surface area contributed by atoms with E-state index in [0.29, 0.717) is 0 Å². The first-order chi connectivity index (χ1) is 9.20. The Labute approximate surface area is 116 Å². The summed E-state index contributed by atoms with van der Waals surface area (Å²) in [6, 6.07) is 9.42. The minimum Gasteiger partial charge on any atom is -0.325 e. The summed E-state index contributed by atoms with van der Waals surface area (Å²) < 4.78 is 1.91. The Balaban J connectivity index is 1.96. The van der Waals surface area contributed by atoms with Crippen molar-refractivity contribution >= 4 is 23.4 Å². The van der Waals surface area contributed by atoms with Gasteiger partial charge in [0.1, 0.15) is 6.33 Å². The van der Waals surface area contributed by atoms with Gasteiger partial charge < -0.3 is 9.88 Å². The SMILES string of the molecule is CCn1cnnc1S[C@H](C)C(=O)Nc1ccccc1. The maximum absolute atomic E-state index is 12.0. The number of aromatic nitrogens is 3. The molecule has 0 fully saturated rings. The summed E-state index contributed by atoms with van der Waals surface area (Å²) in [5.74, 6) is -0.0400. The third kappa shape index (κ3) is 3.57. The molecule has 0 aliphatic heterocycles. The van der Waals surface area contributed by atoms with Crippen LogP contribution >= 0.6 is 11.8 Å². The second-order valence-corrected chi connectivity index (χ2v) is 5.32. The fourth-order valence-corrected chi connectivity index (χ4v) is 2.42. The van der Waals surface area contributed by atoms with Gasteiger partial charge in [-0.1, -0.05) is 30.0 Å². The molecule has 0 bridgehead atoms. The highest BCUT2D eigenvalue weighted by Gasteiger charge is 2.17. The zero-order valence-electron chi connectivity index (χ0n) is 10.9. The summed E-state index contributed by atoms with van der Waals surface area (Å²) in [7, 11) is 0. The predicted molar refractivity (Wildman–Crippen MR) is 76.1 cm³/mol. The number of amides is 1. The summed E-state index contributed by atoms with van der Waals surface area (Å²) in [4.78, 5) is 12.0. The molecule has 0 saturated carbocycles. The minimum atomic E-state index is -0.227. The molecular formula is C13H16N4OS. The van der Waals surface area contributed by atoms with Gasteiger partial charge in [0.15, 0.2) is 5.16 Å². The maximum atomic E-state index is 12.0. The van der Waals surface area contributed by atoms with E-state index < -0.39 is 0 Å². The van der Waals surface area contributed by atoms with E-state index in [9.17, 15) is 4.79 Å². The van der Waals surface area contributed by atoms with Crippen LogP contribution in [0.3, 0.4) is 0 Å². The van der Waals surface area contributed by atoms with Crippen LogP contribution in [0.15, 0.2) is 41.8 Å². The smallest absolute Gasteiger partial charge is 0.237 e. The molecule has 6 heteroatoms. The molecule has 0 unspecified atom stereocenters. The van der Waals surface area contributed by atoms with Gasteiger partial charge in [-0.25, -0.2) is 0 Å². The van der Waals surface area contributed by atoms with Gasteiger partial charge in [0, 0.05) is 12.2 Å². The number of hydrogen-bond donors (Lipinski definition) is 1. The van der Waals surface area contributed by atoms with Crippen LogP contribution in [0.4, 0.5) is 5.69 Å². The molecule has 0 spiro atoms. The van der Waals surface area contributed by atoms with Crippen molar-refractivity contribution in [3.05, 3.63) is 36.7 Å². The molecule has 0 aliphatic carbocycles. The molecule has 100 valence electrons. The van der Waals surface area contributed by atoms with Crippen LogP contribution in [0.2, 0.25) is 0 Å². The molecule has 1 N–H and O–H groups in total. The fraction of sp³-hybridized carbons (Fsp3) is 0.308. The quantitative estimate of drug-likeness (QED) is 0.852. The number of rotatable bonds is 5. The first-order valence-corrected chi connectivity index (χ1v) is 6.99. The molecule has 0 radical (unpaired) electrons. The average molecular weight is 276 g/mol. The van der Waals surface area contributed by atoms with Crippen LogP contribution in [0.5, 0.6) is 0 Å². The summed E-state index contributed by atoms with van der Waals surface area (Å²) in [5, 5.41) is 11.3. The van der Waals surface area contributed by atoms with Crippen molar-refractivity contribution in [1.82, 2.24) is 14.8 Å². The lowest BCUT2D eigenvalue weighted by molar-refractivity contribution is -0.115. The number of carbonyl (C=O) groups is 1. The van der Waals surface area contributed by atoms with E-state index in [1.807, 2.05) is 48.7 Å². The molecule has 0 saturated heterocycles. The number of benzene rings is 1. The van der Waals surface area contributed by atoms with Crippen LogP contribution in [0.1, 0.15) is 13.8 Å². The first-order valence-electron chi connectivity index (χ1n) is 6.11. The van der Waals surface area contributed by atoms with Crippen molar-refractivity contribution in [3.8, 4) is 0 Å². The Bertz CT molecular complexity index is 541. The van der Waals surface area contributed by atoms with E-state index in [1.165, 1.54) is 11.8 Å². The number of aryl methyl sites for hydroxylation is 1. The topological polar surface area (TPSA) is 59.8 Å². The van der Waals surface area contributed by atoms with Crippen LogP contribution in [-0.4, -0.2) is 25.9 Å². The van der Waals surface area contributed by atoms with E-state index in [-0.39, 0.29) is 11.2 Å². The molecule has 5 nitrogen and oxygen atoms in total. The molecule has 1 atom stereocenters. The van der Waals surface area contributed by atoms with Crippen molar-refractivity contribution in [2.24, 2.45) is 0 Å². The maximum Gasteiger partial charge on any atom is 0.237 e. The van der Waals surface area contributed by atoms with Gasteiger partial charge in [-0.05, 0) is 26.0 Å². The van der Waals surface area contributed by atoms with Crippen molar-refractivity contribution in [2.45, 2.75) is 30.8 Å². The largest absolute Gasteiger partial charge is 0.325 e. The minimum absolute atomic E-state index is 0.0400. The summed E-state index contributed by atoms with van der Waals surface area (Å²) in [6.07, 6.45) is 1.67. The Morgan fingerprint density at radius 3 is 2.84 bits per heavy atom. The van der Waals surface area contributed by atoms with E-state index in [2.05, 4.69) is 15.5 Å². The van der Waals surface area contributed by atoms with E-state index >= 15 is 0 Å². The van der Waals surface area contributed by atoms with Crippen molar-refractivity contribution in [1.29, 1.82) is 0 Å². The zero-order valence-corrected chi connectivity index (χ0v) is 11.7. The van der Waals surface area contributed by atoms with Crippen LogP contribution in [0, 0.1) is 0 Å². The Hall–Kier alpha value is -1.82. The van der Waals surface area contributed by atoms with Gasteiger partial charge in [0.2, 0.25) is 5.91 Å². The zero-order chi connectivity index (χ0) is 13.7. The first kappa shape index (κ1) is 13.6. The third-order valence-corrected chi connectivity index (χ3v) is 3.71. The van der Waals surface area contributed by atoms with Crippen LogP contribution in [-0.2, 0) is 11.3 Å². The number of hydrogen-bond acceptors (Lipinski definition) is 4. The summed E-state index contributed by atoms with van der Waals surface area (Å²) >= 11 is 1.41. The van der Waals surface area contributed by atoms with Crippen molar-refractivity contribution < 1.29 is 4.79 Å². The van der Waals surface area contributed by atoms with Gasteiger partial charge in [-0.3, -0.25) is 4.79 Å². The van der Waals surface area contributed by atoms with Gasteiger partial charge in [-0.15, -0.1) is 10.2 Å². The average Bonchev–Trinajstić information content (AvgIpc) is 2.87. The lowest BCUT2D eigenvalue weighted by Crippen LogP contribution is -2.22. The van der Waals surface area contributed by atoms with E-state index in [0.717, 1.165) is 17.4 Å². The fourth-order valence-electron chi connectivity index (χ4n) is 1.53. The second kappa shape index (κ2) is 6.38. The Kier molecular flexibility index (Phi) is 4.57. The van der Waals surface area contributed by atoms with Crippen LogP contribution < -0.4 is 5.32 Å². The molecule has 1 aromatic heterocycles. The lowest BCUT2D eigenvalue weighted by atomic mass is 10.3. The highest BCUT2D eigenvalue weighted by Crippen LogP contribution is 2.21. The van der Waals surface area contributed by atoms with Crippen LogP contribution in [0.25, 0.3) is 0 Å². The number of nitrogens with one attached hydrogen (secondary N) is 1. The Morgan fingerprint density at radius 2 is 2.16 bits per heavy atom.